The summed E-state index contributed by atoms with van der Waals surface area (Å²) in [4.78, 5) is 5.55. The molecule has 2 aromatic carbocycles. The number of hydroxylamine groups is 1. The highest BCUT2D eigenvalue weighted by Crippen LogP contribution is 2.22. The summed E-state index contributed by atoms with van der Waals surface area (Å²) in [5.41, 5.74) is 11.7. The molecule has 0 bridgehead atoms. The summed E-state index contributed by atoms with van der Waals surface area (Å²) >= 11 is 0. The van der Waals surface area contributed by atoms with Crippen molar-refractivity contribution in [2.24, 2.45) is 5.73 Å². The van der Waals surface area contributed by atoms with Crippen LogP contribution in [0.1, 0.15) is 30.0 Å². The summed E-state index contributed by atoms with van der Waals surface area (Å²) in [6.45, 7) is 10.5. The molecule has 0 spiro atoms. The fourth-order valence-electron chi connectivity index (χ4n) is 2.21. The second-order valence-electron chi connectivity index (χ2n) is 5.71. The number of nitrogens with two attached hydrogens (primary N) is 1. The van der Waals surface area contributed by atoms with E-state index in [1.54, 1.807) is 0 Å². The van der Waals surface area contributed by atoms with Crippen molar-refractivity contribution in [1.82, 2.24) is 10.8 Å². The van der Waals surface area contributed by atoms with Gasteiger partial charge >= 0.3 is 0 Å². The van der Waals surface area contributed by atoms with Gasteiger partial charge in [-0.15, -0.1) is 0 Å². The topological polar surface area (TPSA) is 59.3 Å². The van der Waals surface area contributed by atoms with Crippen LogP contribution in [0, 0.1) is 6.92 Å². The molecule has 4 heteroatoms. The average molecular weight is 354 g/mol. The Bertz CT molecular complexity index is 654. The molecule has 0 aliphatic carbocycles. The predicted octanol–water partition coefficient (Wildman–Crippen LogP) is 4.14. The highest BCUT2D eigenvalue weighted by atomic mass is 16.6. The Hall–Kier alpha value is -2.56. The van der Waals surface area contributed by atoms with E-state index in [4.69, 9.17) is 10.6 Å². The van der Waals surface area contributed by atoms with E-state index in [-0.39, 0.29) is 0 Å². The molecule has 0 heterocycles. The van der Waals surface area contributed by atoms with Gasteiger partial charge in [0.2, 0.25) is 0 Å². The first-order chi connectivity index (χ1) is 12.7. The molecule has 4 N–H and O–H groups in total. The van der Waals surface area contributed by atoms with E-state index in [1.807, 2.05) is 67.6 Å². The third-order valence-corrected chi connectivity index (χ3v) is 3.60. The maximum Gasteiger partial charge on any atom is 0.154 e. The molecule has 4 nitrogen and oxygen atoms in total. The SMILES string of the molecule is C=Cc1ccccc1.CCCNCCNOc1cccc(C)c1/C=C\N. The van der Waals surface area contributed by atoms with Gasteiger partial charge in [-0.2, -0.15) is 5.48 Å². The van der Waals surface area contributed by atoms with Crippen LogP contribution in [0.15, 0.2) is 61.3 Å². The van der Waals surface area contributed by atoms with Gasteiger partial charge in [0.05, 0.1) is 0 Å². The fraction of sp³-hybridized carbons (Fsp3) is 0.273. The largest absolute Gasteiger partial charge is 0.408 e. The van der Waals surface area contributed by atoms with E-state index in [1.165, 1.54) is 11.8 Å². The molecule has 0 aliphatic rings. The van der Waals surface area contributed by atoms with Crippen molar-refractivity contribution in [3.05, 3.63) is 78.0 Å². The second kappa shape index (κ2) is 13.7. The van der Waals surface area contributed by atoms with Crippen molar-refractivity contribution in [2.45, 2.75) is 20.3 Å². The van der Waals surface area contributed by atoms with Gasteiger partial charge < -0.3 is 15.9 Å². The van der Waals surface area contributed by atoms with Gasteiger partial charge in [-0.3, -0.25) is 0 Å². The summed E-state index contributed by atoms with van der Waals surface area (Å²) in [6, 6.07) is 16.0. The Morgan fingerprint density at radius 2 is 1.81 bits per heavy atom. The summed E-state index contributed by atoms with van der Waals surface area (Å²) in [5.74, 6) is 0.798. The first-order valence-corrected chi connectivity index (χ1v) is 8.98. The van der Waals surface area contributed by atoms with E-state index in [0.29, 0.717) is 0 Å². The molecule has 0 saturated heterocycles. The average Bonchev–Trinajstić information content (AvgIpc) is 2.68. The van der Waals surface area contributed by atoms with Gasteiger partial charge in [-0.25, -0.2) is 0 Å². The van der Waals surface area contributed by atoms with Crippen molar-refractivity contribution in [3.63, 3.8) is 0 Å². The summed E-state index contributed by atoms with van der Waals surface area (Å²) < 4.78 is 0. The van der Waals surface area contributed by atoms with Crippen LogP contribution in [0.25, 0.3) is 12.2 Å². The molecule has 140 valence electrons. The molecule has 2 aromatic rings. The van der Waals surface area contributed by atoms with Crippen molar-refractivity contribution < 1.29 is 4.84 Å². The highest BCUT2D eigenvalue weighted by molar-refractivity contribution is 5.60. The zero-order valence-corrected chi connectivity index (χ0v) is 15.9. The lowest BCUT2D eigenvalue weighted by Gasteiger charge is -2.11. The molecular formula is C22H31N3O. The molecule has 0 aromatic heterocycles. The Kier molecular flexibility index (Phi) is 11.3. The normalized spacial score (nSPS) is 10.2. The molecule has 0 unspecified atom stereocenters. The Balaban J connectivity index is 0.000000350. The van der Waals surface area contributed by atoms with Crippen LogP contribution in [-0.2, 0) is 0 Å². The maximum absolute atomic E-state index is 5.55. The summed E-state index contributed by atoms with van der Waals surface area (Å²) in [7, 11) is 0. The predicted molar refractivity (Wildman–Crippen MR) is 113 cm³/mol. The van der Waals surface area contributed by atoms with Crippen LogP contribution in [0.3, 0.4) is 0 Å². The number of aryl methyl sites for hydroxylation is 1. The summed E-state index contributed by atoms with van der Waals surface area (Å²) in [6.07, 6.45) is 6.35. The minimum Gasteiger partial charge on any atom is -0.408 e. The van der Waals surface area contributed by atoms with Crippen LogP contribution in [0.5, 0.6) is 5.75 Å². The molecule has 0 amide bonds. The lowest BCUT2D eigenvalue weighted by atomic mass is 10.1. The Morgan fingerprint density at radius 1 is 1.04 bits per heavy atom. The van der Waals surface area contributed by atoms with E-state index in [2.05, 4.69) is 24.3 Å². The van der Waals surface area contributed by atoms with Crippen molar-refractivity contribution in [3.8, 4) is 5.75 Å². The molecule has 0 aliphatic heterocycles. The van der Waals surface area contributed by atoms with Crippen LogP contribution in [0.2, 0.25) is 0 Å². The molecule has 0 saturated carbocycles. The first-order valence-electron chi connectivity index (χ1n) is 8.98. The Morgan fingerprint density at radius 3 is 2.42 bits per heavy atom. The van der Waals surface area contributed by atoms with Crippen molar-refractivity contribution in [2.75, 3.05) is 19.6 Å². The zero-order chi connectivity index (χ0) is 19.0. The zero-order valence-electron chi connectivity index (χ0n) is 15.9. The summed E-state index contributed by atoms with van der Waals surface area (Å²) in [5, 5.41) is 3.30. The maximum atomic E-state index is 5.55. The smallest absolute Gasteiger partial charge is 0.154 e. The Labute approximate surface area is 157 Å². The number of hydrogen-bond acceptors (Lipinski definition) is 4. The van der Waals surface area contributed by atoms with Gasteiger partial charge in [0, 0.05) is 18.7 Å². The molecule has 0 fully saturated rings. The van der Waals surface area contributed by atoms with Crippen LogP contribution in [0.4, 0.5) is 0 Å². The number of nitrogens with one attached hydrogen (secondary N) is 2. The fourth-order valence-corrected chi connectivity index (χ4v) is 2.21. The van der Waals surface area contributed by atoms with Gasteiger partial charge in [0.1, 0.15) is 0 Å². The minimum atomic E-state index is 0.764. The third kappa shape index (κ3) is 8.51. The molecular weight excluding hydrogens is 322 g/mol. The third-order valence-electron chi connectivity index (χ3n) is 3.60. The standard InChI is InChI=1S/C14H23N3O.C8H8/c1-3-9-16-10-11-17-18-14-6-4-5-12(2)13(14)7-8-15;1-2-8-6-4-3-5-7-8/h4-8,16-17H,3,9-11,15H2,1-2H3;2-7H,1H2/b8-7-;. The quantitative estimate of drug-likeness (QED) is 0.468. The van der Waals surface area contributed by atoms with Crippen molar-refractivity contribution in [1.29, 1.82) is 0 Å². The lowest BCUT2D eigenvalue weighted by molar-refractivity contribution is 0.196. The second-order valence-corrected chi connectivity index (χ2v) is 5.71. The first kappa shape index (κ1) is 21.5. The van der Waals surface area contributed by atoms with E-state index in [9.17, 15) is 0 Å². The number of rotatable bonds is 9. The highest BCUT2D eigenvalue weighted by Gasteiger charge is 2.03. The van der Waals surface area contributed by atoms with Gasteiger partial charge in [0.25, 0.3) is 0 Å². The molecule has 0 radical (unpaired) electrons. The number of benzene rings is 2. The van der Waals surface area contributed by atoms with E-state index in [0.717, 1.165) is 42.9 Å². The van der Waals surface area contributed by atoms with E-state index >= 15 is 0 Å². The van der Waals surface area contributed by atoms with Crippen molar-refractivity contribution >= 4 is 12.2 Å². The van der Waals surface area contributed by atoms with Crippen LogP contribution >= 0.6 is 0 Å². The molecule has 26 heavy (non-hydrogen) atoms. The monoisotopic (exact) mass is 353 g/mol. The van der Waals surface area contributed by atoms with Gasteiger partial charge in [-0.05, 0) is 49.4 Å². The van der Waals surface area contributed by atoms with Gasteiger partial charge in [-0.1, -0.05) is 62.0 Å². The van der Waals surface area contributed by atoms with Crippen LogP contribution < -0.4 is 21.4 Å². The van der Waals surface area contributed by atoms with Crippen LogP contribution in [-0.4, -0.2) is 19.6 Å². The lowest BCUT2D eigenvalue weighted by Crippen LogP contribution is -2.30. The van der Waals surface area contributed by atoms with E-state index < -0.39 is 0 Å². The minimum absolute atomic E-state index is 0.764. The molecule has 2 rings (SSSR count). The van der Waals surface area contributed by atoms with Gasteiger partial charge in [0.15, 0.2) is 5.75 Å². The number of hydrogen-bond donors (Lipinski definition) is 3. The molecule has 0 atom stereocenters.